The lowest BCUT2D eigenvalue weighted by atomic mass is 9.77. The third-order valence-electron chi connectivity index (χ3n) is 5.06. The molecule has 0 aromatic heterocycles. The van der Waals surface area contributed by atoms with Crippen molar-refractivity contribution in [1.29, 1.82) is 0 Å². The molecule has 0 unspecified atom stereocenters. The summed E-state index contributed by atoms with van der Waals surface area (Å²) in [7, 11) is 0. The van der Waals surface area contributed by atoms with Crippen molar-refractivity contribution in [2.24, 2.45) is 16.7 Å². The lowest BCUT2D eigenvalue weighted by molar-refractivity contribution is -0.159. The second kappa shape index (κ2) is 4.56. The minimum absolute atomic E-state index is 0.0306. The molecule has 4 heteroatoms. The van der Waals surface area contributed by atoms with Gasteiger partial charge in [-0.15, -0.1) is 0 Å². The van der Waals surface area contributed by atoms with Crippen molar-refractivity contribution in [3.05, 3.63) is 0 Å². The van der Waals surface area contributed by atoms with E-state index >= 15 is 0 Å². The average Bonchev–Trinajstić information content (AvgIpc) is 2.81. The Bertz CT molecular complexity index is 319. The fourth-order valence-corrected chi connectivity index (χ4v) is 3.85. The number of hydrogen-bond acceptors (Lipinski definition) is 4. The molecule has 4 nitrogen and oxygen atoms in total. The highest BCUT2D eigenvalue weighted by atomic mass is 16.5. The summed E-state index contributed by atoms with van der Waals surface area (Å²) in [6, 6.07) is 0. The van der Waals surface area contributed by atoms with Gasteiger partial charge in [0, 0.05) is 0 Å². The van der Waals surface area contributed by atoms with Gasteiger partial charge in [0.1, 0.15) is 0 Å². The van der Waals surface area contributed by atoms with Gasteiger partial charge in [0.15, 0.2) is 0 Å². The highest BCUT2D eigenvalue weighted by Gasteiger charge is 2.67. The molecular formula is C14H22O4. The molecule has 2 aliphatic carbocycles. The SMILES string of the molecule is CCOC(=O)C12CCC(C(=O)OCC)(CC1)C2C. The van der Waals surface area contributed by atoms with Crippen LogP contribution in [-0.2, 0) is 19.1 Å². The number of carbonyl (C=O) groups is 2. The van der Waals surface area contributed by atoms with Gasteiger partial charge in [-0.3, -0.25) is 9.59 Å². The molecule has 0 aromatic carbocycles. The monoisotopic (exact) mass is 254 g/mol. The predicted molar refractivity (Wildman–Crippen MR) is 65.8 cm³/mol. The fourth-order valence-electron chi connectivity index (χ4n) is 3.85. The van der Waals surface area contributed by atoms with E-state index in [0.717, 1.165) is 25.7 Å². The maximum absolute atomic E-state index is 12.2. The van der Waals surface area contributed by atoms with Crippen LogP contribution in [0, 0.1) is 16.7 Å². The van der Waals surface area contributed by atoms with Crippen molar-refractivity contribution in [2.75, 3.05) is 13.2 Å². The van der Waals surface area contributed by atoms with Crippen LogP contribution in [0.2, 0.25) is 0 Å². The van der Waals surface area contributed by atoms with E-state index in [1.807, 2.05) is 20.8 Å². The first kappa shape index (κ1) is 13.4. The molecule has 2 saturated carbocycles. The quantitative estimate of drug-likeness (QED) is 0.722. The van der Waals surface area contributed by atoms with E-state index in [9.17, 15) is 9.59 Å². The van der Waals surface area contributed by atoms with Gasteiger partial charge in [0.2, 0.25) is 0 Å². The zero-order valence-corrected chi connectivity index (χ0v) is 11.5. The van der Waals surface area contributed by atoms with E-state index in [1.54, 1.807) is 0 Å². The summed E-state index contributed by atoms with van der Waals surface area (Å²) in [6.45, 7) is 6.46. The Labute approximate surface area is 108 Å². The van der Waals surface area contributed by atoms with E-state index in [1.165, 1.54) is 0 Å². The zero-order valence-electron chi connectivity index (χ0n) is 11.5. The molecule has 0 heterocycles. The van der Waals surface area contributed by atoms with Crippen LogP contribution in [-0.4, -0.2) is 25.2 Å². The van der Waals surface area contributed by atoms with Gasteiger partial charge in [-0.2, -0.15) is 0 Å². The number of rotatable bonds is 4. The molecule has 2 aliphatic rings. The molecule has 0 radical (unpaired) electrons. The van der Waals surface area contributed by atoms with Gasteiger partial charge < -0.3 is 9.47 Å². The third kappa shape index (κ3) is 1.57. The maximum atomic E-state index is 12.2. The third-order valence-corrected chi connectivity index (χ3v) is 5.06. The molecular weight excluding hydrogens is 232 g/mol. The van der Waals surface area contributed by atoms with Gasteiger partial charge in [-0.05, 0) is 45.4 Å². The van der Waals surface area contributed by atoms with Crippen LogP contribution in [0.5, 0.6) is 0 Å². The van der Waals surface area contributed by atoms with Crippen LogP contribution < -0.4 is 0 Å². The predicted octanol–water partition coefficient (Wildman–Crippen LogP) is 2.31. The summed E-state index contributed by atoms with van der Waals surface area (Å²) >= 11 is 0. The van der Waals surface area contributed by atoms with Crippen molar-refractivity contribution < 1.29 is 19.1 Å². The van der Waals surface area contributed by atoms with Gasteiger partial charge in [-0.25, -0.2) is 0 Å². The van der Waals surface area contributed by atoms with Crippen molar-refractivity contribution in [1.82, 2.24) is 0 Å². The van der Waals surface area contributed by atoms with Gasteiger partial charge in [-0.1, -0.05) is 6.92 Å². The van der Waals surface area contributed by atoms with E-state index in [0.29, 0.717) is 13.2 Å². The van der Waals surface area contributed by atoms with E-state index < -0.39 is 10.8 Å². The standard InChI is InChI=1S/C14H22O4/c1-4-17-11(15)13-6-8-14(9-7-13,10(13)3)12(16)18-5-2/h10H,4-9H2,1-3H3. The normalized spacial score (nSPS) is 37.6. The summed E-state index contributed by atoms with van der Waals surface area (Å²) in [5, 5.41) is 0. The Morgan fingerprint density at radius 2 is 1.28 bits per heavy atom. The minimum Gasteiger partial charge on any atom is -0.466 e. The summed E-state index contributed by atoms with van der Waals surface area (Å²) in [5.41, 5.74) is -0.883. The van der Waals surface area contributed by atoms with Crippen molar-refractivity contribution in [3.63, 3.8) is 0 Å². The molecule has 0 N–H and O–H groups in total. The first-order valence-electron chi connectivity index (χ1n) is 6.88. The van der Waals surface area contributed by atoms with Crippen molar-refractivity contribution in [3.8, 4) is 0 Å². The molecule has 2 fully saturated rings. The molecule has 0 saturated heterocycles. The van der Waals surface area contributed by atoms with Crippen LogP contribution in [0.1, 0.15) is 46.5 Å². The average molecular weight is 254 g/mol. The highest BCUT2D eigenvalue weighted by Crippen LogP contribution is 2.66. The number of hydrogen-bond donors (Lipinski definition) is 0. The molecule has 18 heavy (non-hydrogen) atoms. The largest absolute Gasteiger partial charge is 0.466 e. The Morgan fingerprint density at radius 3 is 1.56 bits per heavy atom. The van der Waals surface area contributed by atoms with Gasteiger partial charge in [0.05, 0.1) is 24.0 Å². The first-order valence-corrected chi connectivity index (χ1v) is 6.88. The van der Waals surface area contributed by atoms with Crippen molar-refractivity contribution in [2.45, 2.75) is 46.5 Å². The highest BCUT2D eigenvalue weighted by molar-refractivity contribution is 5.85. The summed E-state index contributed by atoms with van der Waals surface area (Å²) in [6.07, 6.45) is 3.02. The van der Waals surface area contributed by atoms with Crippen LogP contribution in [0.3, 0.4) is 0 Å². The Balaban J connectivity index is 2.22. The molecule has 0 atom stereocenters. The summed E-state index contributed by atoms with van der Waals surface area (Å²) in [4.78, 5) is 24.4. The second-order valence-electron chi connectivity index (χ2n) is 5.47. The minimum atomic E-state index is -0.442. The van der Waals surface area contributed by atoms with Crippen LogP contribution in [0.4, 0.5) is 0 Å². The van der Waals surface area contributed by atoms with E-state index in [4.69, 9.17) is 9.47 Å². The molecule has 2 bridgehead atoms. The van der Waals surface area contributed by atoms with Crippen LogP contribution in [0.25, 0.3) is 0 Å². The molecule has 0 aromatic rings. The number of carbonyl (C=O) groups excluding carboxylic acids is 2. The Hall–Kier alpha value is -1.06. The molecule has 0 amide bonds. The lowest BCUT2D eigenvalue weighted by Gasteiger charge is -2.28. The maximum Gasteiger partial charge on any atom is 0.312 e. The van der Waals surface area contributed by atoms with Crippen LogP contribution in [0.15, 0.2) is 0 Å². The lowest BCUT2D eigenvalue weighted by Crippen LogP contribution is -2.36. The summed E-state index contributed by atoms with van der Waals surface area (Å²) in [5.74, 6) is -0.217. The van der Waals surface area contributed by atoms with Crippen molar-refractivity contribution >= 4 is 11.9 Å². The second-order valence-corrected chi connectivity index (χ2v) is 5.47. The molecule has 2 rings (SSSR count). The van der Waals surface area contributed by atoms with Crippen LogP contribution >= 0.6 is 0 Å². The summed E-state index contributed by atoms with van der Waals surface area (Å²) < 4.78 is 10.4. The number of ether oxygens (including phenoxy) is 2. The topological polar surface area (TPSA) is 52.6 Å². The Morgan fingerprint density at radius 1 is 0.944 bits per heavy atom. The fraction of sp³-hybridized carbons (Fsp3) is 0.857. The number of esters is 2. The molecule has 102 valence electrons. The molecule has 0 spiro atoms. The molecule has 0 aliphatic heterocycles. The smallest absolute Gasteiger partial charge is 0.312 e. The van der Waals surface area contributed by atoms with E-state index in [2.05, 4.69) is 0 Å². The number of fused-ring (bicyclic) bond motifs is 2. The Kier molecular flexibility index (Phi) is 3.39. The van der Waals surface area contributed by atoms with Gasteiger partial charge >= 0.3 is 11.9 Å². The van der Waals surface area contributed by atoms with Gasteiger partial charge in [0.25, 0.3) is 0 Å². The first-order chi connectivity index (χ1) is 8.53. The zero-order chi connectivity index (χ0) is 13.4. The van der Waals surface area contributed by atoms with E-state index in [-0.39, 0.29) is 17.9 Å².